The van der Waals surface area contributed by atoms with Crippen LogP contribution in [0.1, 0.15) is 65.7 Å². The van der Waals surface area contributed by atoms with E-state index in [1.165, 1.54) is 38.5 Å². The van der Waals surface area contributed by atoms with Crippen LogP contribution in [0.4, 0.5) is 0 Å². The minimum Gasteiger partial charge on any atom is -0.303 e. The minimum atomic E-state index is 0.577. The van der Waals surface area contributed by atoms with E-state index in [1.54, 1.807) is 0 Å². The summed E-state index contributed by atoms with van der Waals surface area (Å²) in [6, 6.07) is 0. The van der Waals surface area contributed by atoms with Crippen molar-refractivity contribution in [2.24, 2.45) is 11.8 Å². The predicted molar refractivity (Wildman–Crippen MR) is 62.4 cm³/mol. The van der Waals surface area contributed by atoms with Crippen molar-refractivity contribution in [3.63, 3.8) is 0 Å². The topological polar surface area (TPSA) is 17.1 Å². The Morgan fingerprint density at radius 2 is 1.79 bits per heavy atom. The molecule has 1 nitrogen and oxygen atoms in total. The van der Waals surface area contributed by atoms with Gasteiger partial charge in [0.15, 0.2) is 0 Å². The number of aldehydes is 1. The summed E-state index contributed by atoms with van der Waals surface area (Å²) in [6.45, 7) is 6.74. The summed E-state index contributed by atoms with van der Waals surface area (Å²) < 4.78 is 0. The van der Waals surface area contributed by atoms with Crippen molar-refractivity contribution >= 4 is 6.29 Å². The van der Waals surface area contributed by atoms with Gasteiger partial charge in [-0.15, -0.1) is 0 Å². The fraction of sp³-hybridized carbons (Fsp3) is 0.923. The molecule has 0 radical (unpaired) electrons. The van der Waals surface area contributed by atoms with E-state index >= 15 is 0 Å². The van der Waals surface area contributed by atoms with Crippen LogP contribution < -0.4 is 0 Å². The number of unbranched alkanes of at least 4 members (excludes halogenated alkanes) is 3. The largest absolute Gasteiger partial charge is 0.303 e. The molecular formula is C13H26O. The second-order valence-corrected chi connectivity index (χ2v) is 4.70. The highest BCUT2D eigenvalue weighted by atomic mass is 16.1. The molecule has 0 rings (SSSR count). The second-order valence-electron chi connectivity index (χ2n) is 4.70. The smallest absolute Gasteiger partial charge is 0.120 e. The van der Waals surface area contributed by atoms with Gasteiger partial charge in [-0.1, -0.05) is 52.9 Å². The molecule has 0 aliphatic heterocycles. The van der Waals surface area contributed by atoms with Crippen LogP contribution in [0.2, 0.25) is 0 Å². The first kappa shape index (κ1) is 13.7. The fourth-order valence-electron chi connectivity index (χ4n) is 1.98. The van der Waals surface area contributed by atoms with Crippen LogP contribution in [0.5, 0.6) is 0 Å². The van der Waals surface area contributed by atoms with Crippen molar-refractivity contribution in [2.45, 2.75) is 65.7 Å². The summed E-state index contributed by atoms with van der Waals surface area (Å²) in [6.07, 6.45) is 9.76. The maximum Gasteiger partial charge on any atom is 0.120 e. The number of hydrogen-bond donors (Lipinski definition) is 0. The maximum atomic E-state index is 10.3. The zero-order chi connectivity index (χ0) is 10.8. The number of carbonyl (C=O) groups excluding carboxylic acids is 1. The zero-order valence-electron chi connectivity index (χ0n) is 10.1. The lowest BCUT2D eigenvalue weighted by atomic mass is 9.91. The molecule has 0 aliphatic rings. The molecule has 0 amide bonds. The summed E-state index contributed by atoms with van der Waals surface area (Å²) in [5.74, 6) is 1.37. The van der Waals surface area contributed by atoms with Gasteiger partial charge < -0.3 is 4.79 Å². The van der Waals surface area contributed by atoms with Gasteiger partial charge in [0, 0.05) is 6.42 Å². The molecule has 14 heavy (non-hydrogen) atoms. The molecule has 0 spiro atoms. The third kappa shape index (κ3) is 8.28. The summed E-state index contributed by atoms with van der Waals surface area (Å²) in [5, 5.41) is 0. The summed E-state index contributed by atoms with van der Waals surface area (Å²) in [4.78, 5) is 10.3. The highest BCUT2D eigenvalue weighted by Gasteiger charge is 2.07. The number of rotatable bonds is 9. The van der Waals surface area contributed by atoms with E-state index in [2.05, 4.69) is 20.8 Å². The van der Waals surface area contributed by atoms with Gasteiger partial charge in [0.1, 0.15) is 6.29 Å². The molecule has 0 aliphatic carbocycles. The van der Waals surface area contributed by atoms with E-state index in [0.29, 0.717) is 5.92 Å². The first-order valence-corrected chi connectivity index (χ1v) is 6.14. The Morgan fingerprint density at radius 3 is 2.36 bits per heavy atom. The van der Waals surface area contributed by atoms with Crippen molar-refractivity contribution in [3.05, 3.63) is 0 Å². The standard InChI is InChI=1S/C13H26O/c1-4-5-6-7-8-12(2)11-13(3)9-10-14/h10,12-13H,4-9,11H2,1-3H3. The van der Waals surface area contributed by atoms with Gasteiger partial charge in [-0.05, 0) is 18.3 Å². The monoisotopic (exact) mass is 198 g/mol. The third-order valence-electron chi connectivity index (χ3n) is 2.85. The average molecular weight is 198 g/mol. The number of hydrogen-bond acceptors (Lipinski definition) is 1. The van der Waals surface area contributed by atoms with Crippen LogP contribution in [-0.2, 0) is 4.79 Å². The van der Waals surface area contributed by atoms with Crippen LogP contribution in [0.15, 0.2) is 0 Å². The van der Waals surface area contributed by atoms with Gasteiger partial charge in [-0.3, -0.25) is 0 Å². The Morgan fingerprint density at radius 1 is 1.07 bits per heavy atom. The molecule has 0 aromatic heterocycles. The van der Waals surface area contributed by atoms with E-state index in [-0.39, 0.29) is 0 Å². The van der Waals surface area contributed by atoms with E-state index < -0.39 is 0 Å². The molecule has 0 fully saturated rings. The summed E-state index contributed by atoms with van der Waals surface area (Å²) in [7, 11) is 0. The first-order chi connectivity index (χ1) is 6.70. The molecular weight excluding hydrogens is 172 g/mol. The van der Waals surface area contributed by atoms with Crippen molar-refractivity contribution in [1.82, 2.24) is 0 Å². The molecule has 0 heterocycles. The molecule has 84 valence electrons. The zero-order valence-corrected chi connectivity index (χ0v) is 10.1. The summed E-state index contributed by atoms with van der Waals surface area (Å²) in [5.41, 5.74) is 0. The Labute approximate surface area is 89.3 Å². The molecule has 2 atom stereocenters. The van der Waals surface area contributed by atoms with Crippen molar-refractivity contribution in [1.29, 1.82) is 0 Å². The van der Waals surface area contributed by atoms with Crippen LogP contribution in [-0.4, -0.2) is 6.29 Å². The molecule has 0 aromatic carbocycles. The summed E-state index contributed by atoms with van der Waals surface area (Å²) >= 11 is 0. The predicted octanol–water partition coefficient (Wildman–Crippen LogP) is 4.21. The third-order valence-corrected chi connectivity index (χ3v) is 2.85. The number of carbonyl (C=O) groups is 1. The van der Waals surface area contributed by atoms with Gasteiger partial charge in [0.05, 0.1) is 0 Å². The van der Waals surface area contributed by atoms with Crippen LogP contribution in [0.25, 0.3) is 0 Å². The first-order valence-electron chi connectivity index (χ1n) is 6.14. The second kappa shape index (κ2) is 9.23. The van der Waals surface area contributed by atoms with Gasteiger partial charge in [0.25, 0.3) is 0 Å². The van der Waals surface area contributed by atoms with Crippen molar-refractivity contribution < 1.29 is 4.79 Å². The molecule has 0 saturated carbocycles. The lowest BCUT2D eigenvalue weighted by Crippen LogP contribution is -2.03. The van der Waals surface area contributed by atoms with Crippen LogP contribution in [0.3, 0.4) is 0 Å². The highest BCUT2D eigenvalue weighted by molar-refractivity contribution is 5.49. The van der Waals surface area contributed by atoms with Gasteiger partial charge in [-0.25, -0.2) is 0 Å². The van der Waals surface area contributed by atoms with Crippen LogP contribution >= 0.6 is 0 Å². The quantitative estimate of drug-likeness (QED) is 0.400. The van der Waals surface area contributed by atoms with Gasteiger partial charge in [0.2, 0.25) is 0 Å². The fourth-order valence-corrected chi connectivity index (χ4v) is 1.98. The molecule has 0 aromatic rings. The molecule has 0 N–H and O–H groups in total. The van der Waals surface area contributed by atoms with Crippen molar-refractivity contribution in [3.8, 4) is 0 Å². The van der Waals surface area contributed by atoms with Crippen molar-refractivity contribution in [2.75, 3.05) is 0 Å². The Hall–Kier alpha value is -0.330. The maximum absolute atomic E-state index is 10.3. The molecule has 0 saturated heterocycles. The van der Waals surface area contributed by atoms with E-state index in [9.17, 15) is 4.79 Å². The Kier molecular flexibility index (Phi) is 9.02. The van der Waals surface area contributed by atoms with Crippen LogP contribution in [0, 0.1) is 11.8 Å². The lowest BCUT2D eigenvalue weighted by Gasteiger charge is -2.14. The Bertz CT molecular complexity index is 131. The molecule has 2 unspecified atom stereocenters. The van der Waals surface area contributed by atoms with Gasteiger partial charge >= 0.3 is 0 Å². The van der Waals surface area contributed by atoms with E-state index in [4.69, 9.17) is 0 Å². The Balaban J connectivity index is 3.34. The van der Waals surface area contributed by atoms with E-state index in [1.807, 2.05) is 0 Å². The lowest BCUT2D eigenvalue weighted by molar-refractivity contribution is -0.108. The van der Waals surface area contributed by atoms with E-state index in [0.717, 1.165) is 18.6 Å². The highest BCUT2D eigenvalue weighted by Crippen LogP contribution is 2.19. The normalized spacial score (nSPS) is 15.1. The minimum absolute atomic E-state index is 0.577. The SMILES string of the molecule is CCCCCCC(C)CC(C)CC=O. The van der Waals surface area contributed by atoms with Gasteiger partial charge in [-0.2, -0.15) is 0 Å². The molecule has 1 heteroatoms. The molecule has 0 bridgehead atoms. The average Bonchev–Trinajstić information content (AvgIpc) is 2.13.